The lowest BCUT2D eigenvalue weighted by Gasteiger charge is -2.13. The first-order valence-electron chi connectivity index (χ1n) is 6.00. The molecule has 1 aromatic rings. The molecule has 1 N–H and O–H groups in total. The molecule has 1 aliphatic heterocycles. The van der Waals surface area contributed by atoms with Gasteiger partial charge in [-0.2, -0.15) is 13.2 Å². The van der Waals surface area contributed by atoms with E-state index < -0.39 is 11.7 Å². The minimum absolute atomic E-state index is 0.180. The van der Waals surface area contributed by atoms with Crippen molar-refractivity contribution in [2.45, 2.75) is 18.5 Å². The highest BCUT2D eigenvalue weighted by Gasteiger charge is 2.34. The van der Waals surface area contributed by atoms with Crippen molar-refractivity contribution >= 4 is 5.69 Å². The molecule has 0 saturated carbocycles. The fraction of sp³-hybridized carbons (Fsp3) is 0.538. The van der Waals surface area contributed by atoms with E-state index in [1.165, 1.54) is 6.07 Å². The first kappa shape index (κ1) is 13.2. The summed E-state index contributed by atoms with van der Waals surface area (Å²) >= 11 is 0. The van der Waals surface area contributed by atoms with Crippen molar-refractivity contribution in [1.29, 1.82) is 0 Å². The van der Waals surface area contributed by atoms with Crippen LogP contribution in [0.2, 0.25) is 0 Å². The molecule has 5 heteroatoms. The van der Waals surface area contributed by atoms with Crippen LogP contribution in [0.25, 0.3) is 0 Å². The van der Waals surface area contributed by atoms with Gasteiger partial charge in [0.25, 0.3) is 0 Å². The van der Waals surface area contributed by atoms with Crippen molar-refractivity contribution in [3.8, 4) is 0 Å². The van der Waals surface area contributed by atoms with Gasteiger partial charge in [-0.05, 0) is 43.8 Å². The SMILES string of the molecule is CNCCC1CN(C)c2ccc(C(F)(F)F)cc21. The van der Waals surface area contributed by atoms with Gasteiger partial charge in [0.05, 0.1) is 5.56 Å². The molecule has 1 heterocycles. The number of rotatable bonds is 3. The molecule has 0 amide bonds. The maximum Gasteiger partial charge on any atom is 0.416 e. The van der Waals surface area contributed by atoms with E-state index in [9.17, 15) is 13.2 Å². The molecule has 0 spiro atoms. The number of anilines is 1. The number of halogens is 3. The maximum atomic E-state index is 12.7. The highest BCUT2D eigenvalue weighted by atomic mass is 19.4. The molecule has 18 heavy (non-hydrogen) atoms. The molecule has 0 aliphatic carbocycles. The van der Waals surface area contributed by atoms with Crippen LogP contribution in [-0.4, -0.2) is 27.2 Å². The topological polar surface area (TPSA) is 15.3 Å². The molecule has 2 rings (SSSR count). The van der Waals surface area contributed by atoms with Crippen LogP contribution in [0.15, 0.2) is 18.2 Å². The highest BCUT2D eigenvalue weighted by Crippen LogP contribution is 2.40. The smallest absolute Gasteiger partial charge is 0.374 e. The van der Waals surface area contributed by atoms with E-state index in [1.807, 2.05) is 19.0 Å². The van der Waals surface area contributed by atoms with Gasteiger partial charge in [0.2, 0.25) is 0 Å². The predicted octanol–water partition coefficient (Wildman–Crippen LogP) is 2.85. The van der Waals surface area contributed by atoms with E-state index in [1.54, 1.807) is 6.07 Å². The largest absolute Gasteiger partial charge is 0.416 e. The Morgan fingerprint density at radius 1 is 1.39 bits per heavy atom. The second-order valence-corrected chi connectivity index (χ2v) is 4.74. The Balaban J connectivity index is 2.31. The first-order valence-corrected chi connectivity index (χ1v) is 6.00. The molecule has 1 unspecified atom stereocenters. The average Bonchev–Trinajstić information content (AvgIpc) is 2.62. The summed E-state index contributed by atoms with van der Waals surface area (Å²) in [4.78, 5) is 2.02. The lowest BCUT2D eigenvalue weighted by atomic mass is 9.96. The molecule has 100 valence electrons. The van der Waals surface area contributed by atoms with Gasteiger partial charge in [-0.1, -0.05) is 0 Å². The number of hydrogen-bond acceptors (Lipinski definition) is 2. The highest BCUT2D eigenvalue weighted by molar-refractivity contribution is 5.61. The molecular formula is C13H17F3N2. The quantitative estimate of drug-likeness (QED) is 0.896. The third kappa shape index (κ3) is 2.46. The molecule has 1 aliphatic rings. The Morgan fingerprint density at radius 3 is 2.72 bits per heavy atom. The van der Waals surface area contributed by atoms with Crippen molar-refractivity contribution in [3.63, 3.8) is 0 Å². The van der Waals surface area contributed by atoms with Crippen LogP contribution in [0.4, 0.5) is 18.9 Å². The van der Waals surface area contributed by atoms with Gasteiger partial charge in [-0.15, -0.1) is 0 Å². The summed E-state index contributed by atoms with van der Waals surface area (Å²) in [5.41, 5.74) is 1.19. The normalized spacial score (nSPS) is 19.2. The van der Waals surface area contributed by atoms with Gasteiger partial charge in [0, 0.05) is 25.2 Å². The number of fused-ring (bicyclic) bond motifs is 1. The van der Waals surface area contributed by atoms with Gasteiger partial charge in [-0.25, -0.2) is 0 Å². The van der Waals surface area contributed by atoms with Crippen molar-refractivity contribution in [1.82, 2.24) is 5.32 Å². The van der Waals surface area contributed by atoms with Crippen LogP contribution in [0, 0.1) is 0 Å². The van der Waals surface area contributed by atoms with Gasteiger partial charge >= 0.3 is 6.18 Å². The minimum Gasteiger partial charge on any atom is -0.374 e. The minimum atomic E-state index is -4.26. The Morgan fingerprint density at radius 2 is 2.11 bits per heavy atom. The zero-order chi connectivity index (χ0) is 13.3. The van der Waals surface area contributed by atoms with Gasteiger partial charge in [0.15, 0.2) is 0 Å². The average molecular weight is 258 g/mol. The summed E-state index contributed by atoms with van der Waals surface area (Å²) in [5.74, 6) is 0.180. The molecule has 0 saturated heterocycles. The summed E-state index contributed by atoms with van der Waals surface area (Å²) in [5, 5.41) is 3.04. The second kappa shape index (κ2) is 4.80. The first-order chi connectivity index (χ1) is 8.43. The summed E-state index contributed by atoms with van der Waals surface area (Å²) < 4.78 is 38.1. The third-order valence-electron chi connectivity index (χ3n) is 3.44. The number of nitrogens with one attached hydrogen (secondary N) is 1. The zero-order valence-electron chi connectivity index (χ0n) is 10.5. The number of benzene rings is 1. The van der Waals surface area contributed by atoms with E-state index in [2.05, 4.69) is 5.32 Å². The number of nitrogens with zero attached hydrogens (tertiary/aromatic N) is 1. The van der Waals surface area contributed by atoms with Gasteiger partial charge in [-0.3, -0.25) is 0 Å². The van der Waals surface area contributed by atoms with Gasteiger partial charge in [0.1, 0.15) is 0 Å². The molecule has 1 atom stereocenters. The fourth-order valence-electron chi connectivity index (χ4n) is 2.50. The van der Waals surface area contributed by atoms with Crippen LogP contribution < -0.4 is 10.2 Å². The van der Waals surface area contributed by atoms with E-state index in [0.29, 0.717) is 0 Å². The standard InChI is InChI=1S/C13H17F3N2/c1-17-6-5-9-8-18(2)12-4-3-10(7-11(9)12)13(14,15)16/h3-4,7,9,17H,5-6,8H2,1-2H3. The molecule has 1 aromatic carbocycles. The number of likely N-dealkylation sites (N-methyl/N-ethyl adjacent to an activating group) is 1. The van der Waals surface area contributed by atoms with Crippen molar-refractivity contribution in [3.05, 3.63) is 29.3 Å². The van der Waals surface area contributed by atoms with Crippen LogP contribution in [0.1, 0.15) is 23.5 Å². The van der Waals surface area contributed by atoms with E-state index in [-0.39, 0.29) is 5.92 Å². The van der Waals surface area contributed by atoms with E-state index in [4.69, 9.17) is 0 Å². The molecule has 0 fully saturated rings. The summed E-state index contributed by atoms with van der Waals surface area (Å²) in [6, 6.07) is 4.05. The molecule has 0 radical (unpaired) electrons. The van der Waals surface area contributed by atoms with Crippen LogP contribution >= 0.6 is 0 Å². The Hall–Kier alpha value is -1.23. The zero-order valence-corrected chi connectivity index (χ0v) is 10.5. The van der Waals surface area contributed by atoms with Crippen LogP contribution in [0.3, 0.4) is 0 Å². The van der Waals surface area contributed by atoms with Crippen LogP contribution in [0.5, 0.6) is 0 Å². The predicted molar refractivity (Wildman–Crippen MR) is 66.0 cm³/mol. The third-order valence-corrected chi connectivity index (χ3v) is 3.44. The summed E-state index contributed by atoms with van der Waals surface area (Å²) in [6.45, 7) is 1.60. The fourth-order valence-corrected chi connectivity index (χ4v) is 2.50. The van der Waals surface area contributed by atoms with Crippen molar-refractivity contribution in [2.24, 2.45) is 0 Å². The lowest BCUT2D eigenvalue weighted by Crippen LogP contribution is -2.18. The summed E-state index contributed by atoms with van der Waals surface area (Å²) in [7, 11) is 3.77. The summed E-state index contributed by atoms with van der Waals surface area (Å²) in [6.07, 6.45) is -3.40. The second-order valence-electron chi connectivity index (χ2n) is 4.74. The number of hydrogen-bond donors (Lipinski definition) is 1. The molecule has 2 nitrogen and oxygen atoms in total. The Kier molecular flexibility index (Phi) is 3.52. The Bertz CT molecular complexity index is 429. The number of alkyl halides is 3. The monoisotopic (exact) mass is 258 g/mol. The lowest BCUT2D eigenvalue weighted by molar-refractivity contribution is -0.137. The van der Waals surface area contributed by atoms with Crippen molar-refractivity contribution in [2.75, 3.05) is 32.1 Å². The molecule has 0 aromatic heterocycles. The van der Waals surface area contributed by atoms with E-state index in [0.717, 1.165) is 36.8 Å². The van der Waals surface area contributed by atoms with Crippen LogP contribution in [-0.2, 0) is 6.18 Å². The van der Waals surface area contributed by atoms with Gasteiger partial charge < -0.3 is 10.2 Å². The molecular weight excluding hydrogens is 241 g/mol. The van der Waals surface area contributed by atoms with Crippen molar-refractivity contribution < 1.29 is 13.2 Å². The maximum absolute atomic E-state index is 12.7. The molecule has 0 bridgehead atoms. The van der Waals surface area contributed by atoms with E-state index >= 15 is 0 Å². The Labute approximate surface area is 105 Å².